The largest absolute Gasteiger partial charge is 0.279 e. The van der Waals surface area contributed by atoms with Crippen LogP contribution in [0, 0.1) is 6.92 Å². The van der Waals surface area contributed by atoms with E-state index >= 15 is 0 Å². The molecule has 3 aromatic rings. The van der Waals surface area contributed by atoms with Crippen molar-refractivity contribution in [2.75, 3.05) is 5.75 Å². The van der Waals surface area contributed by atoms with Crippen molar-refractivity contribution in [3.05, 3.63) is 102 Å². The molecule has 1 aliphatic rings. The molecule has 1 heterocycles. The number of hydrogen-bond donors (Lipinski definition) is 0. The second-order valence-corrected chi connectivity index (χ2v) is 7.45. The maximum absolute atomic E-state index is 12.8. The molecule has 4 heteroatoms. The Bertz CT molecular complexity index is 913. The average Bonchev–Trinajstić information content (AvgIpc) is 3.06. The van der Waals surface area contributed by atoms with Crippen LogP contribution in [0.4, 0.5) is 5.69 Å². The zero-order valence-electron chi connectivity index (χ0n) is 15.1. The lowest BCUT2D eigenvalue weighted by molar-refractivity contribution is -0.125. The van der Waals surface area contributed by atoms with Crippen molar-refractivity contribution in [3.63, 3.8) is 0 Å². The topological polar surface area (TPSA) is 32.7 Å². The summed E-state index contributed by atoms with van der Waals surface area (Å²) in [6.07, 6.45) is 0. The Morgan fingerprint density at radius 2 is 1.41 bits per heavy atom. The van der Waals surface area contributed by atoms with Crippen LogP contribution in [0.1, 0.15) is 22.7 Å². The van der Waals surface area contributed by atoms with Gasteiger partial charge in [0.2, 0.25) is 5.91 Å². The number of amidine groups is 1. The minimum Gasteiger partial charge on any atom is -0.279 e. The van der Waals surface area contributed by atoms with Crippen LogP contribution in [0.2, 0.25) is 0 Å². The lowest BCUT2D eigenvalue weighted by Crippen LogP contribution is -2.34. The molecular formula is C23H20N2OS. The SMILES string of the molecule is Cc1ccc(N=C2SCC(=O)N2C(c2ccccc2)c2ccccc2)cc1. The monoisotopic (exact) mass is 372 g/mol. The van der Waals surface area contributed by atoms with Crippen molar-refractivity contribution in [2.24, 2.45) is 4.99 Å². The fourth-order valence-corrected chi connectivity index (χ4v) is 4.11. The van der Waals surface area contributed by atoms with Gasteiger partial charge < -0.3 is 0 Å². The predicted molar refractivity (Wildman–Crippen MR) is 112 cm³/mol. The van der Waals surface area contributed by atoms with Crippen molar-refractivity contribution >= 4 is 28.5 Å². The minimum atomic E-state index is -0.181. The second kappa shape index (κ2) is 7.80. The van der Waals surface area contributed by atoms with Gasteiger partial charge in [0, 0.05) is 0 Å². The summed E-state index contributed by atoms with van der Waals surface area (Å²) in [7, 11) is 0. The quantitative estimate of drug-likeness (QED) is 0.619. The number of carbonyl (C=O) groups is 1. The molecule has 0 radical (unpaired) electrons. The number of amides is 1. The van der Waals surface area contributed by atoms with Crippen molar-refractivity contribution in [1.29, 1.82) is 0 Å². The maximum Gasteiger partial charge on any atom is 0.239 e. The number of carbonyl (C=O) groups excluding carboxylic acids is 1. The molecule has 0 atom stereocenters. The Hall–Kier alpha value is -2.85. The molecule has 134 valence electrons. The van der Waals surface area contributed by atoms with Gasteiger partial charge in [-0.15, -0.1) is 0 Å². The van der Waals surface area contributed by atoms with Crippen LogP contribution in [0.15, 0.2) is 89.9 Å². The van der Waals surface area contributed by atoms with Crippen LogP contribution in [0.5, 0.6) is 0 Å². The molecule has 0 unspecified atom stereocenters. The summed E-state index contributed by atoms with van der Waals surface area (Å²) in [6.45, 7) is 2.05. The van der Waals surface area contributed by atoms with E-state index in [1.807, 2.05) is 65.6 Å². The van der Waals surface area contributed by atoms with Crippen molar-refractivity contribution in [3.8, 4) is 0 Å². The standard InChI is InChI=1S/C23H20N2OS/c1-17-12-14-20(15-13-17)24-23-25(21(26)16-27-23)22(18-8-4-2-5-9-18)19-10-6-3-7-11-19/h2-15,22H,16H2,1H3. The van der Waals surface area contributed by atoms with Crippen LogP contribution in [0.25, 0.3) is 0 Å². The van der Waals surface area contributed by atoms with Crippen molar-refractivity contribution in [1.82, 2.24) is 4.90 Å². The van der Waals surface area contributed by atoms with Gasteiger partial charge in [-0.05, 0) is 30.2 Å². The number of aryl methyl sites for hydroxylation is 1. The Labute approximate surface area is 163 Å². The molecule has 1 fully saturated rings. The van der Waals surface area contributed by atoms with E-state index < -0.39 is 0 Å². The summed E-state index contributed by atoms with van der Waals surface area (Å²) in [5.41, 5.74) is 4.22. The summed E-state index contributed by atoms with van der Waals surface area (Å²) in [6, 6.07) is 28.2. The number of rotatable bonds is 4. The second-order valence-electron chi connectivity index (χ2n) is 6.51. The highest BCUT2D eigenvalue weighted by molar-refractivity contribution is 8.15. The summed E-state index contributed by atoms with van der Waals surface area (Å²) in [5.74, 6) is 0.504. The highest BCUT2D eigenvalue weighted by Crippen LogP contribution is 2.36. The highest BCUT2D eigenvalue weighted by Gasteiger charge is 2.36. The third-order valence-electron chi connectivity index (χ3n) is 4.55. The smallest absolute Gasteiger partial charge is 0.239 e. The number of thioether (sulfide) groups is 1. The maximum atomic E-state index is 12.8. The Kier molecular flexibility index (Phi) is 5.07. The zero-order valence-corrected chi connectivity index (χ0v) is 15.9. The summed E-state index contributed by atoms with van der Waals surface area (Å²) in [4.78, 5) is 19.5. The first kappa shape index (κ1) is 17.6. The average molecular weight is 372 g/mol. The number of aliphatic imine (C=N–C) groups is 1. The molecule has 0 aromatic heterocycles. The molecule has 0 bridgehead atoms. The van der Waals surface area contributed by atoms with Crippen LogP contribution < -0.4 is 0 Å². The van der Waals surface area contributed by atoms with Gasteiger partial charge in [0.1, 0.15) is 0 Å². The van der Waals surface area contributed by atoms with Crippen LogP contribution >= 0.6 is 11.8 Å². The van der Waals surface area contributed by atoms with Gasteiger partial charge in [0.15, 0.2) is 5.17 Å². The molecule has 3 nitrogen and oxygen atoms in total. The van der Waals surface area contributed by atoms with E-state index in [-0.39, 0.29) is 11.9 Å². The highest BCUT2D eigenvalue weighted by atomic mass is 32.2. The first-order chi connectivity index (χ1) is 13.2. The van der Waals surface area contributed by atoms with Gasteiger partial charge >= 0.3 is 0 Å². The van der Waals surface area contributed by atoms with Gasteiger partial charge in [-0.25, -0.2) is 4.99 Å². The number of nitrogens with zero attached hydrogens (tertiary/aromatic N) is 2. The van der Waals surface area contributed by atoms with Gasteiger partial charge in [0.05, 0.1) is 17.5 Å². The predicted octanol–water partition coefficient (Wildman–Crippen LogP) is 5.35. The van der Waals surface area contributed by atoms with E-state index in [9.17, 15) is 4.79 Å². The minimum absolute atomic E-state index is 0.0866. The number of benzene rings is 3. The van der Waals surface area contributed by atoms with E-state index in [2.05, 4.69) is 31.2 Å². The molecule has 1 aliphatic heterocycles. The molecule has 0 aliphatic carbocycles. The fourth-order valence-electron chi connectivity index (χ4n) is 3.20. The number of hydrogen-bond acceptors (Lipinski definition) is 3. The van der Waals surface area contributed by atoms with E-state index in [1.165, 1.54) is 17.3 Å². The van der Waals surface area contributed by atoms with Gasteiger partial charge in [-0.3, -0.25) is 9.69 Å². The van der Waals surface area contributed by atoms with Crippen LogP contribution in [-0.2, 0) is 4.79 Å². The third-order valence-corrected chi connectivity index (χ3v) is 5.48. The first-order valence-electron chi connectivity index (χ1n) is 8.92. The van der Waals surface area contributed by atoms with Gasteiger partial charge in [-0.1, -0.05) is 90.1 Å². The summed E-state index contributed by atoms with van der Waals surface area (Å²) < 4.78 is 0. The molecule has 27 heavy (non-hydrogen) atoms. The van der Waals surface area contributed by atoms with E-state index in [1.54, 1.807) is 0 Å². The Morgan fingerprint density at radius 3 is 1.96 bits per heavy atom. The Balaban J connectivity index is 1.79. The van der Waals surface area contributed by atoms with Crippen LogP contribution in [-0.4, -0.2) is 21.7 Å². The lowest BCUT2D eigenvalue weighted by Gasteiger charge is -2.28. The lowest BCUT2D eigenvalue weighted by atomic mass is 9.97. The van der Waals surface area contributed by atoms with E-state index in [0.717, 1.165) is 22.0 Å². The van der Waals surface area contributed by atoms with Crippen molar-refractivity contribution < 1.29 is 4.79 Å². The van der Waals surface area contributed by atoms with Gasteiger partial charge in [0.25, 0.3) is 0 Å². The molecule has 4 rings (SSSR count). The summed E-state index contributed by atoms with van der Waals surface area (Å²) in [5, 5.41) is 0.751. The molecule has 0 N–H and O–H groups in total. The molecule has 0 spiro atoms. The van der Waals surface area contributed by atoms with Crippen LogP contribution in [0.3, 0.4) is 0 Å². The van der Waals surface area contributed by atoms with E-state index in [4.69, 9.17) is 4.99 Å². The first-order valence-corrected chi connectivity index (χ1v) is 9.91. The normalized spacial score (nSPS) is 15.7. The zero-order chi connectivity index (χ0) is 18.6. The third kappa shape index (κ3) is 3.81. The van der Waals surface area contributed by atoms with Gasteiger partial charge in [-0.2, -0.15) is 0 Å². The molecule has 1 saturated heterocycles. The molecule has 3 aromatic carbocycles. The van der Waals surface area contributed by atoms with Crippen molar-refractivity contribution in [2.45, 2.75) is 13.0 Å². The molecular weight excluding hydrogens is 352 g/mol. The molecule has 0 saturated carbocycles. The molecule has 1 amide bonds. The fraction of sp³-hybridized carbons (Fsp3) is 0.130. The van der Waals surface area contributed by atoms with E-state index in [0.29, 0.717) is 5.75 Å². The summed E-state index contributed by atoms with van der Waals surface area (Å²) >= 11 is 1.50. The Morgan fingerprint density at radius 1 is 0.852 bits per heavy atom.